The summed E-state index contributed by atoms with van der Waals surface area (Å²) in [5.74, 6) is 0. The predicted molar refractivity (Wildman–Crippen MR) is 84.5 cm³/mol. The van der Waals surface area contributed by atoms with E-state index in [-0.39, 0.29) is 12.1 Å². The number of amides is 1. The summed E-state index contributed by atoms with van der Waals surface area (Å²) >= 11 is 0. The van der Waals surface area contributed by atoms with Crippen LogP contribution in [0.25, 0.3) is 0 Å². The Kier molecular flexibility index (Phi) is 7.46. The summed E-state index contributed by atoms with van der Waals surface area (Å²) < 4.78 is 10.7. The number of methoxy groups -OCH3 is 1. The Hall–Kier alpha value is -0.810. The van der Waals surface area contributed by atoms with Crippen LogP contribution in [-0.4, -0.2) is 43.5 Å². The van der Waals surface area contributed by atoms with Gasteiger partial charge in [-0.05, 0) is 52.9 Å². The molecule has 1 aliphatic rings. The molecule has 0 radical (unpaired) electrons. The molecule has 0 bridgehead atoms. The maximum atomic E-state index is 11.7. The Balaban J connectivity index is 2.32. The SMILES string of the molecule is CCC(CNC(=O)OC(C)(C)C)NC1CCCC(OC)C1. The maximum Gasteiger partial charge on any atom is 0.407 e. The smallest absolute Gasteiger partial charge is 0.407 e. The number of nitrogens with one attached hydrogen (secondary N) is 2. The van der Waals surface area contributed by atoms with E-state index in [0.29, 0.717) is 18.7 Å². The molecular formula is C16H32N2O3. The normalized spacial score (nSPS) is 24.4. The van der Waals surface area contributed by atoms with E-state index in [0.717, 1.165) is 19.3 Å². The largest absolute Gasteiger partial charge is 0.444 e. The van der Waals surface area contributed by atoms with Crippen molar-refractivity contribution in [2.75, 3.05) is 13.7 Å². The fraction of sp³-hybridized carbons (Fsp3) is 0.938. The molecule has 0 heterocycles. The van der Waals surface area contributed by atoms with E-state index in [1.165, 1.54) is 12.8 Å². The lowest BCUT2D eigenvalue weighted by Gasteiger charge is -2.32. The van der Waals surface area contributed by atoms with Crippen molar-refractivity contribution in [3.63, 3.8) is 0 Å². The molecule has 21 heavy (non-hydrogen) atoms. The van der Waals surface area contributed by atoms with Crippen molar-refractivity contribution in [3.05, 3.63) is 0 Å². The van der Waals surface area contributed by atoms with E-state index in [1.807, 2.05) is 20.8 Å². The molecule has 1 rings (SSSR count). The average molecular weight is 300 g/mol. The molecule has 0 aromatic rings. The summed E-state index contributed by atoms with van der Waals surface area (Å²) in [7, 11) is 1.79. The second-order valence-electron chi connectivity index (χ2n) is 6.88. The first-order chi connectivity index (χ1) is 9.84. The van der Waals surface area contributed by atoms with Crippen LogP contribution in [0.4, 0.5) is 4.79 Å². The van der Waals surface area contributed by atoms with Crippen molar-refractivity contribution in [2.45, 2.75) is 83.6 Å². The minimum atomic E-state index is -0.450. The lowest BCUT2D eigenvalue weighted by atomic mass is 9.92. The molecule has 3 unspecified atom stereocenters. The van der Waals surface area contributed by atoms with E-state index >= 15 is 0 Å². The third-order valence-electron chi connectivity index (χ3n) is 3.82. The van der Waals surface area contributed by atoms with Gasteiger partial charge in [0.05, 0.1) is 6.10 Å². The third-order valence-corrected chi connectivity index (χ3v) is 3.82. The van der Waals surface area contributed by atoms with Crippen molar-refractivity contribution in [1.82, 2.24) is 10.6 Å². The molecule has 5 heteroatoms. The summed E-state index contributed by atoms with van der Waals surface area (Å²) in [6.07, 6.45) is 5.59. The highest BCUT2D eigenvalue weighted by atomic mass is 16.6. The van der Waals surface area contributed by atoms with Crippen LogP contribution in [0.15, 0.2) is 0 Å². The number of carbonyl (C=O) groups excluding carboxylic acids is 1. The lowest BCUT2D eigenvalue weighted by molar-refractivity contribution is 0.0499. The zero-order chi connectivity index (χ0) is 15.9. The molecule has 1 amide bonds. The van der Waals surface area contributed by atoms with Gasteiger partial charge in [-0.1, -0.05) is 6.92 Å². The first-order valence-corrected chi connectivity index (χ1v) is 8.09. The third kappa shape index (κ3) is 7.67. The fourth-order valence-electron chi connectivity index (χ4n) is 2.69. The van der Waals surface area contributed by atoms with Gasteiger partial charge in [-0.15, -0.1) is 0 Å². The first kappa shape index (κ1) is 18.2. The molecule has 124 valence electrons. The van der Waals surface area contributed by atoms with Crippen LogP contribution >= 0.6 is 0 Å². The summed E-state index contributed by atoms with van der Waals surface area (Å²) in [6.45, 7) is 8.34. The van der Waals surface area contributed by atoms with Crippen molar-refractivity contribution in [1.29, 1.82) is 0 Å². The monoisotopic (exact) mass is 300 g/mol. The molecule has 0 aromatic carbocycles. The van der Waals surface area contributed by atoms with Crippen molar-refractivity contribution < 1.29 is 14.3 Å². The fourth-order valence-corrected chi connectivity index (χ4v) is 2.69. The molecule has 0 saturated heterocycles. The van der Waals surface area contributed by atoms with Crippen LogP contribution < -0.4 is 10.6 Å². The Morgan fingerprint density at radius 2 is 2.05 bits per heavy atom. The van der Waals surface area contributed by atoms with E-state index in [4.69, 9.17) is 9.47 Å². The molecule has 0 aliphatic heterocycles. The summed E-state index contributed by atoms with van der Waals surface area (Å²) in [5.41, 5.74) is -0.450. The number of ether oxygens (including phenoxy) is 2. The number of hydrogen-bond acceptors (Lipinski definition) is 4. The Labute approximate surface area is 129 Å². The number of rotatable bonds is 6. The highest BCUT2D eigenvalue weighted by Crippen LogP contribution is 2.21. The Morgan fingerprint density at radius 3 is 2.62 bits per heavy atom. The molecule has 1 aliphatic carbocycles. The molecule has 1 fully saturated rings. The maximum absolute atomic E-state index is 11.7. The van der Waals surface area contributed by atoms with Crippen LogP contribution in [0.3, 0.4) is 0 Å². The van der Waals surface area contributed by atoms with Crippen molar-refractivity contribution in [3.8, 4) is 0 Å². The quantitative estimate of drug-likeness (QED) is 0.792. The van der Waals surface area contributed by atoms with Gasteiger partial charge in [0.25, 0.3) is 0 Å². The van der Waals surface area contributed by atoms with E-state index in [9.17, 15) is 4.79 Å². The molecule has 0 spiro atoms. The van der Waals surface area contributed by atoms with Crippen molar-refractivity contribution in [2.24, 2.45) is 0 Å². The van der Waals surface area contributed by atoms with E-state index < -0.39 is 5.60 Å². The second-order valence-corrected chi connectivity index (χ2v) is 6.88. The Bertz CT molecular complexity index is 315. The molecule has 2 N–H and O–H groups in total. The number of alkyl carbamates (subject to hydrolysis) is 1. The highest BCUT2D eigenvalue weighted by Gasteiger charge is 2.24. The first-order valence-electron chi connectivity index (χ1n) is 8.09. The zero-order valence-electron chi connectivity index (χ0n) is 14.2. The zero-order valence-corrected chi connectivity index (χ0v) is 14.2. The number of hydrogen-bond donors (Lipinski definition) is 2. The van der Waals surface area contributed by atoms with Gasteiger partial charge in [-0.25, -0.2) is 4.79 Å². The van der Waals surface area contributed by atoms with E-state index in [1.54, 1.807) is 7.11 Å². The molecule has 3 atom stereocenters. The summed E-state index contributed by atoms with van der Waals surface area (Å²) in [4.78, 5) is 11.7. The molecule has 0 aromatic heterocycles. The summed E-state index contributed by atoms with van der Waals surface area (Å²) in [6, 6.07) is 0.757. The minimum absolute atomic E-state index is 0.276. The minimum Gasteiger partial charge on any atom is -0.444 e. The van der Waals surface area contributed by atoms with Gasteiger partial charge in [0, 0.05) is 25.7 Å². The van der Waals surface area contributed by atoms with Gasteiger partial charge >= 0.3 is 6.09 Å². The number of carbonyl (C=O) groups is 1. The predicted octanol–water partition coefficient (Wildman–Crippen LogP) is 2.84. The van der Waals surface area contributed by atoms with Gasteiger partial charge in [0.1, 0.15) is 5.60 Å². The average Bonchev–Trinajstić information content (AvgIpc) is 2.41. The van der Waals surface area contributed by atoms with E-state index in [2.05, 4.69) is 17.6 Å². The van der Waals surface area contributed by atoms with Gasteiger partial charge < -0.3 is 20.1 Å². The van der Waals surface area contributed by atoms with Crippen LogP contribution in [0.2, 0.25) is 0 Å². The van der Waals surface area contributed by atoms with Crippen LogP contribution in [0.5, 0.6) is 0 Å². The second kappa shape index (κ2) is 8.59. The van der Waals surface area contributed by atoms with Gasteiger partial charge in [0.2, 0.25) is 0 Å². The van der Waals surface area contributed by atoms with Gasteiger partial charge in [-0.2, -0.15) is 0 Å². The lowest BCUT2D eigenvalue weighted by Crippen LogP contribution is -2.48. The summed E-state index contributed by atoms with van der Waals surface area (Å²) in [5, 5.41) is 6.49. The molecular weight excluding hydrogens is 268 g/mol. The molecule has 1 saturated carbocycles. The van der Waals surface area contributed by atoms with Gasteiger partial charge in [-0.3, -0.25) is 0 Å². The van der Waals surface area contributed by atoms with Crippen molar-refractivity contribution >= 4 is 6.09 Å². The van der Waals surface area contributed by atoms with Gasteiger partial charge in [0.15, 0.2) is 0 Å². The highest BCUT2D eigenvalue weighted by molar-refractivity contribution is 5.67. The topological polar surface area (TPSA) is 59.6 Å². The van der Waals surface area contributed by atoms with Crippen LogP contribution in [-0.2, 0) is 9.47 Å². The standard InChI is InChI=1S/C16H32N2O3/c1-6-12(11-17-15(19)21-16(2,3)4)18-13-8-7-9-14(10-13)20-5/h12-14,18H,6-11H2,1-5H3,(H,17,19). The van der Waals surface area contributed by atoms with Crippen LogP contribution in [0, 0.1) is 0 Å². The van der Waals surface area contributed by atoms with Crippen LogP contribution in [0.1, 0.15) is 59.8 Å². The molecule has 5 nitrogen and oxygen atoms in total. The Morgan fingerprint density at radius 1 is 1.33 bits per heavy atom.